The predicted octanol–water partition coefficient (Wildman–Crippen LogP) is 3.29. The number of hydrogen-bond acceptors (Lipinski definition) is 5. The van der Waals surface area contributed by atoms with Gasteiger partial charge in [0.2, 0.25) is 0 Å². The lowest BCUT2D eigenvalue weighted by Crippen LogP contribution is -2.34. The molecule has 0 spiro atoms. The van der Waals surface area contributed by atoms with Gasteiger partial charge < -0.3 is 9.64 Å². The number of benzene rings is 1. The molecule has 0 saturated carbocycles. The van der Waals surface area contributed by atoms with Gasteiger partial charge in [-0.1, -0.05) is 18.2 Å². The van der Waals surface area contributed by atoms with Crippen LogP contribution in [-0.4, -0.2) is 33.2 Å². The Bertz CT molecular complexity index is 889. The van der Waals surface area contributed by atoms with Crippen molar-refractivity contribution in [3.8, 4) is 5.75 Å². The van der Waals surface area contributed by atoms with Crippen LogP contribution in [0.25, 0.3) is 0 Å². The van der Waals surface area contributed by atoms with E-state index >= 15 is 0 Å². The van der Waals surface area contributed by atoms with E-state index in [0.717, 1.165) is 11.1 Å². The molecule has 3 aromatic rings. The average molecular weight is 375 g/mol. The number of ketones is 1. The van der Waals surface area contributed by atoms with Gasteiger partial charge in [0.15, 0.2) is 12.4 Å². The molecule has 6 nitrogen and oxygen atoms in total. The van der Waals surface area contributed by atoms with E-state index in [2.05, 4.69) is 9.97 Å². The minimum atomic E-state index is -0.158. The van der Waals surface area contributed by atoms with E-state index in [1.165, 1.54) is 6.92 Å². The number of ether oxygens (including phenoxy) is 1. The van der Waals surface area contributed by atoms with Crippen molar-refractivity contribution in [1.29, 1.82) is 0 Å². The van der Waals surface area contributed by atoms with Gasteiger partial charge in [-0.15, -0.1) is 0 Å². The maximum Gasteiger partial charge on any atom is 0.261 e. The first-order valence-electron chi connectivity index (χ1n) is 8.91. The lowest BCUT2D eigenvalue weighted by molar-refractivity contribution is -0.134. The minimum absolute atomic E-state index is 0.0485. The van der Waals surface area contributed by atoms with Gasteiger partial charge in [-0.05, 0) is 48.4 Å². The number of pyridine rings is 2. The van der Waals surface area contributed by atoms with Gasteiger partial charge in [0.05, 0.1) is 0 Å². The van der Waals surface area contributed by atoms with Gasteiger partial charge in [0, 0.05) is 43.4 Å². The van der Waals surface area contributed by atoms with E-state index < -0.39 is 0 Å². The zero-order valence-electron chi connectivity index (χ0n) is 15.6. The van der Waals surface area contributed by atoms with E-state index in [9.17, 15) is 9.59 Å². The first kappa shape index (κ1) is 19.2. The molecule has 0 aliphatic rings. The molecule has 3 rings (SSSR count). The second kappa shape index (κ2) is 9.41. The summed E-state index contributed by atoms with van der Waals surface area (Å²) in [5.41, 5.74) is 2.46. The van der Waals surface area contributed by atoms with Crippen molar-refractivity contribution in [2.24, 2.45) is 0 Å². The Labute approximate surface area is 163 Å². The molecule has 142 valence electrons. The zero-order valence-corrected chi connectivity index (χ0v) is 15.6. The third kappa shape index (κ3) is 5.48. The number of nitrogens with zero attached hydrogens (tertiary/aromatic N) is 3. The summed E-state index contributed by atoms with van der Waals surface area (Å²) in [6.45, 7) is 2.24. The number of Topliss-reactive ketones (excluding diaryl/α,β-unsaturated/α-hetero) is 1. The van der Waals surface area contributed by atoms with Crippen molar-refractivity contribution in [2.45, 2.75) is 20.0 Å². The highest BCUT2D eigenvalue weighted by Gasteiger charge is 2.16. The maximum atomic E-state index is 12.8. The first-order valence-corrected chi connectivity index (χ1v) is 8.91. The van der Waals surface area contributed by atoms with Gasteiger partial charge in [-0.3, -0.25) is 19.6 Å². The van der Waals surface area contributed by atoms with E-state index in [1.54, 1.807) is 54.0 Å². The largest absolute Gasteiger partial charge is 0.484 e. The molecule has 0 radical (unpaired) electrons. The highest BCUT2D eigenvalue weighted by molar-refractivity contribution is 5.94. The van der Waals surface area contributed by atoms with E-state index in [-0.39, 0.29) is 18.3 Å². The van der Waals surface area contributed by atoms with Crippen LogP contribution in [0.1, 0.15) is 28.4 Å². The third-order valence-electron chi connectivity index (χ3n) is 4.17. The lowest BCUT2D eigenvalue weighted by Gasteiger charge is -2.23. The number of aromatic nitrogens is 2. The van der Waals surface area contributed by atoms with Crippen LogP contribution in [0.4, 0.5) is 0 Å². The normalized spacial score (nSPS) is 10.3. The van der Waals surface area contributed by atoms with Crippen molar-refractivity contribution >= 4 is 11.7 Å². The molecular formula is C22H21N3O3. The molecule has 2 heterocycles. The lowest BCUT2D eigenvalue weighted by atomic mass is 10.1. The molecular weight excluding hydrogens is 354 g/mol. The summed E-state index contributed by atoms with van der Waals surface area (Å²) >= 11 is 0. The first-order chi connectivity index (χ1) is 13.6. The highest BCUT2D eigenvalue weighted by Crippen LogP contribution is 2.15. The van der Waals surface area contributed by atoms with Crippen LogP contribution in [0.5, 0.6) is 5.75 Å². The number of hydrogen-bond donors (Lipinski definition) is 0. The molecule has 2 aromatic heterocycles. The zero-order chi connectivity index (χ0) is 19.8. The van der Waals surface area contributed by atoms with Crippen LogP contribution in [-0.2, 0) is 17.9 Å². The Morgan fingerprint density at radius 3 is 2.43 bits per heavy atom. The van der Waals surface area contributed by atoms with Gasteiger partial charge in [-0.25, -0.2) is 0 Å². The SMILES string of the molecule is CC(=O)c1cccc(OCC(=O)N(Cc2ccncc2)Cc2cccnc2)c1. The standard InChI is InChI=1S/C22H21N3O3/c1-17(26)20-5-2-6-21(12-20)28-16-22(27)25(14-18-7-10-23-11-8-18)15-19-4-3-9-24-13-19/h2-13H,14-16H2,1H3. The molecule has 0 atom stereocenters. The topological polar surface area (TPSA) is 72.4 Å². The Balaban J connectivity index is 1.70. The van der Waals surface area contributed by atoms with Crippen molar-refractivity contribution in [3.05, 3.63) is 90.0 Å². The molecule has 28 heavy (non-hydrogen) atoms. The fraction of sp³-hybridized carbons (Fsp3) is 0.182. The van der Waals surface area contributed by atoms with E-state index in [1.807, 2.05) is 24.3 Å². The molecule has 1 aromatic carbocycles. The number of carbonyl (C=O) groups is 2. The minimum Gasteiger partial charge on any atom is -0.484 e. The molecule has 6 heteroatoms. The summed E-state index contributed by atoms with van der Waals surface area (Å²) in [5.74, 6) is 0.285. The van der Waals surface area contributed by atoms with Crippen LogP contribution in [0.15, 0.2) is 73.3 Å². The maximum absolute atomic E-state index is 12.8. The number of carbonyl (C=O) groups excluding carboxylic acids is 2. The third-order valence-corrected chi connectivity index (χ3v) is 4.17. The Morgan fingerprint density at radius 2 is 1.71 bits per heavy atom. The van der Waals surface area contributed by atoms with E-state index in [4.69, 9.17) is 4.74 Å². The second-order valence-corrected chi connectivity index (χ2v) is 6.34. The molecule has 0 bridgehead atoms. The van der Waals surface area contributed by atoms with Gasteiger partial charge in [0.25, 0.3) is 5.91 Å². The Hall–Kier alpha value is -3.54. The van der Waals surface area contributed by atoms with Crippen LogP contribution >= 0.6 is 0 Å². The number of rotatable bonds is 8. The molecule has 0 saturated heterocycles. The average Bonchev–Trinajstić information content (AvgIpc) is 2.73. The fourth-order valence-electron chi connectivity index (χ4n) is 2.69. The van der Waals surface area contributed by atoms with Gasteiger partial charge >= 0.3 is 0 Å². The van der Waals surface area contributed by atoms with Crippen molar-refractivity contribution in [1.82, 2.24) is 14.9 Å². The van der Waals surface area contributed by atoms with Gasteiger partial charge in [0.1, 0.15) is 5.75 Å². The fourth-order valence-corrected chi connectivity index (χ4v) is 2.69. The monoisotopic (exact) mass is 375 g/mol. The molecule has 0 N–H and O–H groups in total. The Kier molecular flexibility index (Phi) is 6.46. The van der Waals surface area contributed by atoms with Crippen LogP contribution in [0, 0.1) is 0 Å². The number of amides is 1. The van der Waals surface area contributed by atoms with Crippen molar-refractivity contribution < 1.29 is 14.3 Å². The van der Waals surface area contributed by atoms with E-state index in [0.29, 0.717) is 24.4 Å². The van der Waals surface area contributed by atoms with Crippen LogP contribution in [0.3, 0.4) is 0 Å². The summed E-state index contributed by atoms with van der Waals surface area (Å²) in [6.07, 6.45) is 6.84. The predicted molar refractivity (Wildman–Crippen MR) is 105 cm³/mol. The van der Waals surface area contributed by atoms with Crippen LogP contribution < -0.4 is 4.74 Å². The van der Waals surface area contributed by atoms with Crippen molar-refractivity contribution in [2.75, 3.05) is 6.61 Å². The summed E-state index contributed by atoms with van der Waals surface area (Å²) < 4.78 is 5.64. The molecule has 0 fully saturated rings. The second-order valence-electron chi connectivity index (χ2n) is 6.34. The summed E-state index contributed by atoms with van der Waals surface area (Å²) in [7, 11) is 0. The molecule has 0 aliphatic carbocycles. The van der Waals surface area contributed by atoms with Crippen LogP contribution in [0.2, 0.25) is 0 Å². The summed E-state index contributed by atoms with van der Waals surface area (Å²) in [6, 6.07) is 14.3. The molecule has 0 unspecified atom stereocenters. The van der Waals surface area contributed by atoms with Crippen molar-refractivity contribution in [3.63, 3.8) is 0 Å². The summed E-state index contributed by atoms with van der Waals surface area (Å²) in [5, 5.41) is 0. The highest BCUT2D eigenvalue weighted by atomic mass is 16.5. The van der Waals surface area contributed by atoms with Gasteiger partial charge in [-0.2, -0.15) is 0 Å². The summed E-state index contributed by atoms with van der Waals surface area (Å²) in [4.78, 5) is 34.2. The Morgan fingerprint density at radius 1 is 0.929 bits per heavy atom. The molecule has 0 aliphatic heterocycles. The molecule has 1 amide bonds. The smallest absolute Gasteiger partial charge is 0.261 e. The quantitative estimate of drug-likeness (QED) is 0.565.